The fourth-order valence-electron chi connectivity index (χ4n) is 3.76. The molecule has 0 saturated carbocycles. The number of hydrogen-bond donors (Lipinski definition) is 0. The molecule has 2 aromatic rings. The van der Waals surface area contributed by atoms with E-state index >= 15 is 0 Å². The molecule has 0 amide bonds. The van der Waals surface area contributed by atoms with Crippen molar-refractivity contribution in [2.45, 2.75) is 32.7 Å². The maximum Gasteiger partial charge on any atom is 0.135 e. The molecule has 0 N–H and O–H groups in total. The second kappa shape index (κ2) is 6.28. The number of piperazine rings is 1. The summed E-state index contributed by atoms with van der Waals surface area (Å²) in [7, 11) is 0. The molecule has 1 fully saturated rings. The molecule has 23 heavy (non-hydrogen) atoms. The van der Waals surface area contributed by atoms with Gasteiger partial charge in [0.2, 0.25) is 0 Å². The molecule has 1 aromatic carbocycles. The van der Waals surface area contributed by atoms with E-state index in [1.165, 1.54) is 34.6 Å². The maximum absolute atomic E-state index is 4.59. The summed E-state index contributed by atoms with van der Waals surface area (Å²) < 4.78 is 0. The van der Waals surface area contributed by atoms with E-state index in [4.69, 9.17) is 0 Å². The molecule has 0 unspecified atom stereocenters. The van der Waals surface area contributed by atoms with Crippen LogP contribution in [-0.4, -0.2) is 41.0 Å². The van der Waals surface area contributed by atoms with E-state index in [0.717, 1.165) is 45.6 Å². The minimum Gasteiger partial charge on any atom is -0.354 e. The lowest BCUT2D eigenvalue weighted by Crippen LogP contribution is -2.46. The third-order valence-electron chi connectivity index (χ3n) is 5.18. The number of fused-ring (bicyclic) bond motifs is 1. The molecule has 2 aliphatic rings. The predicted molar refractivity (Wildman–Crippen MR) is 92.7 cm³/mol. The Labute approximate surface area is 138 Å². The largest absolute Gasteiger partial charge is 0.354 e. The topological polar surface area (TPSA) is 32.3 Å². The highest BCUT2D eigenvalue weighted by Crippen LogP contribution is 2.28. The fraction of sp³-hybridized carbons (Fsp3) is 0.474. The first kappa shape index (κ1) is 14.6. The zero-order valence-corrected chi connectivity index (χ0v) is 13.8. The Morgan fingerprint density at radius 1 is 1.00 bits per heavy atom. The molecule has 120 valence electrons. The van der Waals surface area contributed by atoms with E-state index in [0.29, 0.717) is 0 Å². The Balaban J connectivity index is 1.42. The van der Waals surface area contributed by atoms with Crippen LogP contribution in [0.4, 0.5) is 5.82 Å². The first-order valence-corrected chi connectivity index (χ1v) is 8.66. The summed E-state index contributed by atoms with van der Waals surface area (Å²) in [5, 5.41) is 0. The van der Waals surface area contributed by atoms with Gasteiger partial charge in [-0.05, 0) is 37.3 Å². The van der Waals surface area contributed by atoms with Gasteiger partial charge in [0, 0.05) is 44.0 Å². The van der Waals surface area contributed by atoms with Crippen molar-refractivity contribution in [2.24, 2.45) is 0 Å². The van der Waals surface area contributed by atoms with Gasteiger partial charge in [0.25, 0.3) is 0 Å². The van der Waals surface area contributed by atoms with Crippen LogP contribution in [0.25, 0.3) is 0 Å². The highest BCUT2D eigenvalue weighted by molar-refractivity contribution is 5.50. The lowest BCUT2D eigenvalue weighted by atomic mass is 10.1. The molecule has 1 aromatic heterocycles. The smallest absolute Gasteiger partial charge is 0.135 e. The number of benzene rings is 1. The van der Waals surface area contributed by atoms with Gasteiger partial charge in [0.05, 0.1) is 0 Å². The van der Waals surface area contributed by atoms with Crippen molar-refractivity contribution < 1.29 is 0 Å². The van der Waals surface area contributed by atoms with Crippen molar-refractivity contribution in [1.82, 2.24) is 14.9 Å². The lowest BCUT2D eigenvalue weighted by molar-refractivity contribution is 0.248. The standard InChI is InChI=1S/C19H24N4/c1-15-5-2-3-6-16(15)13-22-9-11-23(12-10-22)19-17-7-4-8-18(17)20-14-21-19/h2-3,5-6,14H,4,7-13H2,1H3. The number of anilines is 1. The molecule has 0 atom stereocenters. The summed E-state index contributed by atoms with van der Waals surface area (Å²) >= 11 is 0. The van der Waals surface area contributed by atoms with Gasteiger partial charge in [-0.1, -0.05) is 24.3 Å². The summed E-state index contributed by atoms with van der Waals surface area (Å²) in [4.78, 5) is 14.1. The van der Waals surface area contributed by atoms with Gasteiger partial charge in [-0.2, -0.15) is 0 Å². The van der Waals surface area contributed by atoms with Gasteiger partial charge in [0.15, 0.2) is 0 Å². The van der Waals surface area contributed by atoms with Crippen molar-refractivity contribution >= 4 is 5.82 Å². The molecule has 4 heteroatoms. The molecule has 0 radical (unpaired) electrons. The first-order valence-electron chi connectivity index (χ1n) is 8.66. The van der Waals surface area contributed by atoms with Crippen LogP contribution in [0.15, 0.2) is 30.6 Å². The Bertz CT molecular complexity index is 690. The fourth-order valence-corrected chi connectivity index (χ4v) is 3.76. The number of rotatable bonds is 3. The highest BCUT2D eigenvalue weighted by Gasteiger charge is 2.24. The molecule has 1 saturated heterocycles. The third kappa shape index (κ3) is 2.95. The maximum atomic E-state index is 4.59. The van der Waals surface area contributed by atoms with Crippen LogP contribution in [0, 0.1) is 6.92 Å². The zero-order valence-electron chi connectivity index (χ0n) is 13.8. The monoisotopic (exact) mass is 308 g/mol. The minimum absolute atomic E-state index is 1.06. The summed E-state index contributed by atoms with van der Waals surface area (Å²) in [5.41, 5.74) is 5.52. The van der Waals surface area contributed by atoms with E-state index in [9.17, 15) is 0 Å². The van der Waals surface area contributed by atoms with Crippen LogP contribution < -0.4 is 4.90 Å². The molecule has 1 aliphatic carbocycles. The average Bonchev–Trinajstić information content (AvgIpc) is 3.06. The highest BCUT2D eigenvalue weighted by atomic mass is 15.3. The molecule has 0 bridgehead atoms. The van der Waals surface area contributed by atoms with Crippen molar-refractivity contribution in [3.8, 4) is 0 Å². The van der Waals surface area contributed by atoms with Crippen LogP contribution >= 0.6 is 0 Å². The second-order valence-electron chi connectivity index (χ2n) is 6.67. The quantitative estimate of drug-likeness (QED) is 0.872. The van der Waals surface area contributed by atoms with Crippen LogP contribution in [-0.2, 0) is 19.4 Å². The Kier molecular flexibility index (Phi) is 4.00. The van der Waals surface area contributed by atoms with Crippen molar-refractivity contribution in [3.63, 3.8) is 0 Å². The van der Waals surface area contributed by atoms with Gasteiger partial charge in [-0.15, -0.1) is 0 Å². The molecule has 0 spiro atoms. The van der Waals surface area contributed by atoms with E-state index in [1.807, 2.05) is 0 Å². The van der Waals surface area contributed by atoms with Crippen LogP contribution in [0.3, 0.4) is 0 Å². The van der Waals surface area contributed by atoms with Gasteiger partial charge < -0.3 is 4.90 Å². The van der Waals surface area contributed by atoms with E-state index in [2.05, 4.69) is 51.0 Å². The lowest BCUT2D eigenvalue weighted by Gasteiger charge is -2.36. The summed E-state index contributed by atoms with van der Waals surface area (Å²) in [6.45, 7) is 7.60. The normalized spacial score (nSPS) is 18.2. The summed E-state index contributed by atoms with van der Waals surface area (Å²) in [6.07, 6.45) is 5.25. The predicted octanol–water partition coefficient (Wildman–Crippen LogP) is 2.60. The van der Waals surface area contributed by atoms with Crippen molar-refractivity contribution in [1.29, 1.82) is 0 Å². The van der Waals surface area contributed by atoms with Gasteiger partial charge in [0.1, 0.15) is 12.1 Å². The number of aryl methyl sites for hydroxylation is 2. The van der Waals surface area contributed by atoms with Crippen molar-refractivity contribution in [3.05, 3.63) is 53.0 Å². The van der Waals surface area contributed by atoms with E-state index in [1.54, 1.807) is 6.33 Å². The zero-order chi connectivity index (χ0) is 15.6. The average molecular weight is 308 g/mol. The first-order chi connectivity index (χ1) is 11.3. The Morgan fingerprint density at radius 2 is 1.83 bits per heavy atom. The Morgan fingerprint density at radius 3 is 2.65 bits per heavy atom. The SMILES string of the molecule is Cc1ccccc1CN1CCN(c2ncnc3c2CCC3)CC1. The van der Waals surface area contributed by atoms with Crippen molar-refractivity contribution in [2.75, 3.05) is 31.1 Å². The second-order valence-corrected chi connectivity index (χ2v) is 6.67. The third-order valence-corrected chi connectivity index (χ3v) is 5.18. The molecule has 4 rings (SSSR count). The molecule has 2 heterocycles. The Hall–Kier alpha value is -1.94. The van der Waals surface area contributed by atoms with Gasteiger partial charge in [-0.25, -0.2) is 9.97 Å². The molecular weight excluding hydrogens is 284 g/mol. The molecule has 1 aliphatic heterocycles. The van der Waals surface area contributed by atoms with Gasteiger partial charge >= 0.3 is 0 Å². The number of hydrogen-bond acceptors (Lipinski definition) is 4. The summed E-state index contributed by atoms with van der Waals surface area (Å²) in [6, 6.07) is 8.71. The molecule has 4 nitrogen and oxygen atoms in total. The van der Waals surface area contributed by atoms with E-state index in [-0.39, 0.29) is 0 Å². The molecular formula is C19H24N4. The summed E-state index contributed by atoms with van der Waals surface area (Å²) in [5.74, 6) is 1.20. The minimum atomic E-state index is 1.06. The number of nitrogens with zero attached hydrogens (tertiary/aromatic N) is 4. The van der Waals surface area contributed by atoms with E-state index < -0.39 is 0 Å². The van der Waals surface area contributed by atoms with Crippen LogP contribution in [0.5, 0.6) is 0 Å². The van der Waals surface area contributed by atoms with Gasteiger partial charge in [-0.3, -0.25) is 4.90 Å². The van der Waals surface area contributed by atoms with Crippen LogP contribution in [0.1, 0.15) is 28.8 Å². The number of aromatic nitrogens is 2. The van der Waals surface area contributed by atoms with Crippen LogP contribution in [0.2, 0.25) is 0 Å².